The molecule has 0 aromatic carbocycles. The molecule has 1 N–H and O–H groups in total. The molecule has 122 valence electrons. The first kappa shape index (κ1) is 16.7. The summed E-state index contributed by atoms with van der Waals surface area (Å²) in [4.78, 5) is 16.2. The third-order valence-electron chi connectivity index (χ3n) is 4.60. The Balaban J connectivity index is 1.83. The lowest BCUT2D eigenvalue weighted by Crippen LogP contribution is -2.47. The monoisotopic (exact) mass is 317 g/mol. The summed E-state index contributed by atoms with van der Waals surface area (Å²) < 4.78 is 23.0. The fourth-order valence-corrected chi connectivity index (χ4v) is 5.11. The van der Waals surface area contributed by atoms with Gasteiger partial charge in [0.05, 0.1) is 18.1 Å². The van der Waals surface area contributed by atoms with Crippen molar-refractivity contribution in [3.63, 3.8) is 0 Å². The Bertz CT molecular complexity index is 464. The number of nitrogens with one attached hydrogen (secondary N) is 1. The number of piperidine rings is 1. The third-order valence-corrected chi connectivity index (χ3v) is 6.35. The molecule has 0 aromatic heterocycles. The van der Waals surface area contributed by atoms with E-state index in [1.54, 1.807) is 11.9 Å². The molecule has 0 aliphatic carbocycles. The van der Waals surface area contributed by atoms with Crippen molar-refractivity contribution in [2.24, 2.45) is 5.92 Å². The number of likely N-dealkylation sites (N-methyl/N-ethyl adjacent to an activating group) is 1. The van der Waals surface area contributed by atoms with E-state index in [4.69, 9.17) is 0 Å². The summed E-state index contributed by atoms with van der Waals surface area (Å²) in [7, 11) is 0.757. The van der Waals surface area contributed by atoms with E-state index >= 15 is 0 Å². The minimum absolute atomic E-state index is 0.0437. The van der Waals surface area contributed by atoms with Crippen LogP contribution in [0.5, 0.6) is 0 Å². The second kappa shape index (κ2) is 7.07. The number of nitrogens with zero attached hydrogens (tertiary/aromatic N) is 2. The van der Waals surface area contributed by atoms with Crippen LogP contribution in [0.2, 0.25) is 0 Å². The molecule has 2 aliphatic rings. The number of sulfone groups is 1. The molecule has 2 saturated heterocycles. The maximum Gasteiger partial charge on any atom is 0.236 e. The van der Waals surface area contributed by atoms with Gasteiger partial charge >= 0.3 is 0 Å². The second-order valence-corrected chi connectivity index (χ2v) is 8.59. The molecule has 0 saturated carbocycles. The summed E-state index contributed by atoms with van der Waals surface area (Å²) in [6, 6.07) is -0.139. The molecule has 0 aromatic rings. The van der Waals surface area contributed by atoms with E-state index in [2.05, 4.69) is 10.2 Å². The second-order valence-electron chi connectivity index (χ2n) is 6.36. The SMILES string of the molecule is CNCC1CCCN(CC(=O)N(C)C2CCS(=O)(=O)C2)C1. The lowest BCUT2D eigenvalue weighted by atomic mass is 9.98. The van der Waals surface area contributed by atoms with Gasteiger partial charge in [-0.2, -0.15) is 0 Å². The molecule has 2 unspecified atom stereocenters. The number of rotatable bonds is 5. The van der Waals surface area contributed by atoms with Crippen molar-refractivity contribution in [3.05, 3.63) is 0 Å². The highest BCUT2D eigenvalue weighted by atomic mass is 32.2. The summed E-state index contributed by atoms with van der Waals surface area (Å²) >= 11 is 0. The quantitative estimate of drug-likeness (QED) is 0.745. The van der Waals surface area contributed by atoms with Gasteiger partial charge in [0.2, 0.25) is 5.91 Å². The largest absolute Gasteiger partial charge is 0.341 e. The molecule has 2 aliphatic heterocycles. The highest BCUT2D eigenvalue weighted by Gasteiger charge is 2.33. The van der Waals surface area contributed by atoms with Crippen molar-refractivity contribution in [1.29, 1.82) is 0 Å². The molecule has 2 heterocycles. The Morgan fingerprint density at radius 1 is 1.38 bits per heavy atom. The molecule has 0 radical (unpaired) electrons. The number of hydrogen-bond acceptors (Lipinski definition) is 5. The van der Waals surface area contributed by atoms with Gasteiger partial charge in [0.1, 0.15) is 0 Å². The standard InChI is InChI=1S/C14H27N3O3S/c1-15-8-12-4-3-6-17(9-12)10-14(18)16(2)13-5-7-21(19,20)11-13/h12-13,15H,3-11H2,1-2H3. The molecule has 0 bridgehead atoms. The lowest BCUT2D eigenvalue weighted by molar-refractivity contribution is -0.133. The molecule has 21 heavy (non-hydrogen) atoms. The Kier molecular flexibility index (Phi) is 5.62. The smallest absolute Gasteiger partial charge is 0.236 e. The van der Waals surface area contributed by atoms with Crippen LogP contribution in [0.4, 0.5) is 0 Å². The number of carbonyl (C=O) groups is 1. The maximum atomic E-state index is 12.3. The van der Waals surface area contributed by atoms with Gasteiger partial charge in [-0.15, -0.1) is 0 Å². The number of likely N-dealkylation sites (tertiary alicyclic amines) is 1. The van der Waals surface area contributed by atoms with Crippen LogP contribution in [-0.2, 0) is 14.6 Å². The first-order chi connectivity index (χ1) is 9.91. The zero-order valence-corrected chi connectivity index (χ0v) is 13.9. The van der Waals surface area contributed by atoms with Crippen LogP contribution in [0.15, 0.2) is 0 Å². The van der Waals surface area contributed by atoms with Crippen LogP contribution in [0.3, 0.4) is 0 Å². The van der Waals surface area contributed by atoms with Gasteiger partial charge in [-0.3, -0.25) is 9.69 Å². The molecule has 6 nitrogen and oxygen atoms in total. The molecular weight excluding hydrogens is 290 g/mol. The van der Waals surface area contributed by atoms with Gasteiger partial charge in [-0.1, -0.05) is 0 Å². The maximum absolute atomic E-state index is 12.3. The van der Waals surface area contributed by atoms with Crippen LogP contribution >= 0.6 is 0 Å². The van der Waals surface area contributed by atoms with Gasteiger partial charge in [0.25, 0.3) is 0 Å². The first-order valence-corrected chi connectivity index (χ1v) is 9.56. The summed E-state index contributed by atoms with van der Waals surface area (Å²) in [6.45, 7) is 3.31. The number of carbonyl (C=O) groups excluding carboxylic acids is 1. The summed E-state index contributed by atoms with van der Waals surface area (Å²) in [5.74, 6) is 0.983. The topological polar surface area (TPSA) is 69.7 Å². The van der Waals surface area contributed by atoms with Gasteiger partial charge in [0, 0.05) is 19.6 Å². The van der Waals surface area contributed by atoms with Gasteiger partial charge in [-0.25, -0.2) is 8.42 Å². The minimum Gasteiger partial charge on any atom is -0.341 e. The predicted octanol–water partition coefficient (Wildman–Crippen LogP) is -0.437. The van der Waals surface area contributed by atoms with E-state index in [9.17, 15) is 13.2 Å². The van der Waals surface area contributed by atoms with Gasteiger partial charge < -0.3 is 10.2 Å². The minimum atomic E-state index is -2.94. The van der Waals surface area contributed by atoms with E-state index in [-0.39, 0.29) is 23.5 Å². The Morgan fingerprint density at radius 2 is 2.14 bits per heavy atom. The normalized spacial score (nSPS) is 29.4. The fourth-order valence-electron chi connectivity index (χ4n) is 3.34. The summed E-state index contributed by atoms with van der Waals surface area (Å²) in [5, 5.41) is 3.20. The van der Waals surface area contributed by atoms with Crippen molar-refractivity contribution in [3.8, 4) is 0 Å². The Labute approximate surface area is 127 Å². The molecule has 2 atom stereocenters. The molecule has 2 fully saturated rings. The zero-order chi connectivity index (χ0) is 15.5. The highest BCUT2D eigenvalue weighted by Crippen LogP contribution is 2.18. The van der Waals surface area contributed by atoms with E-state index in [0.29, 0.717) is 18.9 Å². The molecule has 2 rings (SSSR count). The summed E-state index contributed by atoms with van der Waals surface area (Å²) in [6.07, 6.45) is 2.91. The third kappa shape index (κ3) is 4.66. The van der Waals surface area contributed by atoms with Crippen molar-refractivity contribution in [2.75, 3.05) is 51.8 Å². The van der Waals surface area contributed by atoms with Crippen LogP contribution in [0.25, 0.3) is 0 Å². The molecule has 0 spiro atoms. The van der Waals surface area contributed by atoms with E-state index in [1.165, 1.54) is 6.42 Å². The van der Waals surface area contributed by atoms with E-state index in [0.717, 1.165) is 26.1 Å². The number of amides is 1. The lowest BCUT2D eigenvalue weighted by Gasteiger charge is -2.34. The van der Waals surface area contributed by atoms with Crippen LogP contribution in [-0.4, -0.2) is 81.9 Å². The van der Waals surface area contributed by atoms with Gasteiger partial charge in [-0.05, 0) is 45.3 Å². The van der Waals surface area contributed by atoms with Crippen molar-refractivity contribution >= 4 is 15.7 Å². The fraction of sp³-hybridized carbons (Fsp3) is 0.929. The zero-order valence-electron chi connectivity index (χ0n) is 13.0. The highest BCUT2D eigenvalue weighted by molar-refractivity contribution is 7.91. The average molecular weight is 317 g/mol. The molecular formula is C14H27N3O3S. The molecule has 7 heteroatoms. The number of hydrogen-bond donors (Lipinski definition) is 1. The summed E-state index contributed by atoms with van der Waals surface area (Å²) in [5.41, 5.74) is 0. The Hall–Kier alpha value is -0.660. The van der Waals surface area contributed by atoms with Crippen molar-refractivity contribution in [1.82, 2.24) is 15.1 Å². The van der Waals surface area contributed by atoms with E-state index < -0.39 is 9.84 Å². The van der Waals surface area contributed by atoms with Crippen molar-refractivity contribution < 1.29 is 13.2 Å². The average Bonchev–Trinajstić information content (AvgIpc) is 2.79. The van der Waals surface area contributed by atoms with Crippen LogP contribution < -0.4 is 5.32 Å². The first-order valence-electron chi connectivity index (χ1n) is 7.74. The van der Waals surface area contributed by atoms with Crippen LogP contribution in [0.1, 0.15) is 19.3 Å². The van der Waals surface area contributed by atoms with E-state index in [1.807, 2.05) is 7.05 Å². The predicted molar refractivity (Wildman–Crippen MR) is 82.9 cm³/mol. The van der Waals surface area contributed by atoms with Crippen LogP contribution in [0, 0.1) is 5.92 Å². The van der Waals surface area contributed by atoms with Crippen molar-refractivity contribution in [2.45, 2.75) is 25.3 Å². The molecule has 1 amide bonds. The van der Waals surface area contributed by atoms with Gasteiger partial charge in [0.15, 0.2) is 9.84 Å². The Morgan fingerprint density at radius 3 is 2.76 bits per heavy atom.